The highest BCUT2D eigenvalue weighted by Gasteiger charge is 2.44. The minimum atomic E-state index is -0.793. The number of H-pyrrole nitrogens is 1. The summed E-state index contributed by atoms with van der Waals surface area (Å²) in [6.07, 6.45) is 0.164. The van der Waals surface area contributed by atoms with Crippen molar-refractivity contribution in [3.05, 3.63) is 27.9 Å². The Morgan fingerprint density at radius 3 is 2.76 bits per heavy atom. The molecular weight excluding hydrogens is 326 g/mol. The van der Waals surface area contributed by atoms with Crippen LogP contribution < -0.4 is 16.2 Å². The molecule has 1 aliphatic heterocycles. The van der Waals surface area contributed by atoms with Crippen LogP contribution in [0.25, 0.3) is 0 Å². The quantitative estimate of drug-likeness (QED) is 0.513. The zero-order valence-corrected chi connectivity index (χ0v) is 14.8. The number of aliphatic hydroxyl groups excluding tert-OH is 1. The van der Waals surface area contributed by atoms with Gasteiger partial charge in [-0.15, -0.1) is 0 Å². The van der Waals surface area contributed by atoms with Gasteiger partial charge in [0.25, 0.3) is 5.56 Å². The molecule has 1 aromatic heterocycles. The van der Waals surface area contributed by atoms with E-state index in [0.29, 0.717) is 30.9 Å². The van der Waals surface area contributed by atoms with E-state index in [1.54, 1.807) is 20.9 Å². The highest BCUT2D eigenvalue weighted by Crippen LogP contribution is 2.27. The molecule has 0 bridgehead atoms. The number of nitrogens with zero attached hydrogens (tertiary/aromatic N) is 2. The first-order valence-corrected chi connectivity index (χ1v) is 8.28. The molecule has 9 heteroatoms. The van der Waals surface area contributed by atoms with Gasteiger partial charge in [-0.2, -0.15) is 0 Å². The van der Waals surface area contributed by atoms with E-state index in [2.05, 4.69) is 20.6 Å². The lowest BCUT2D eigenvalue weighted by Gasteiger charge is -2.30. The fraction of sp³-hybridized carbons (Fsp3) is 0.625. The van der Waals surface area contributed by atoms with Gasteiger partial charge in [0.05, 0.1) is 30.4 Å². The van der Waals surface area contributed by atoms with Gasteiger partial charge in [-0.25, -0.2) is 4.98 Å². The monoisotopic (exact) mass is 351 g/mol. The standard InChI is InChI=1S/C16H25N5O4/c1-4-13(23)17-8-12-19-10(5-14(24)20-12)7-18-15(25)16(2)6-11(22)9-21(16)3/h5,11,22H,4,6-9H2,1-3H3,(H,17,23)(H,18,25)(H,19,20,24). The topological polar surface area (TPSA) is 127 Å². The number of amides is 2. The minimum Gasteiger partial charge on any atom is -0.392 e. The summed E-state index contributed by atoms with van der Waals surface area (Å²) in [5.74, 6) is -0.0373. The van der Waals surface area contributed by atoms with Crippen LogP contribution >= 0.6 is 0 Å². The van der Waals surface area contributed by atoms with Crippen molar-refractivity contribution in [1.29, 1.82) is 0 Å². The summed E-state index contributed by atoms with van der Waals surface area (Å²) in [5, 5.41) is 15.2. The largest absolute Gasteiger partial charge is 0.392 e. The number of aliphatic hydroxyl groups is 1. The summed E-state index contributed by atoms with van der Waals surface area (Å²) in [5.41, 5.74) is -0.735. The normalized spacial score (nSPS) is 23.4. The van der Waals surface area contributed by atoms with Crippen LogP contribution in [0.1, 0.15) is 38.2 Å². The van der Waals surface area contributed by atoms with Crippen LogP contribution in [0.4, 0.5) is 0 Å². The molecule has 2 amide bonds. The lowest BCUT2D eigenvalue weighted by atomic mass is 9.97. The first-order valence-electron chi connectivity index (χ1n) is 8.28. The number of aromatic amines is 1. The van der Waals surface area contributed by atoms with Crippen LogP contribution in [-0.2, 0) is 22.7 Å². The summed E-state index contributed by atoms with van der Waals surface area (Å²) in [4.78, 5) is 44.1. The van der Waals surface area contributed by atoms with Gasteiger partial charge in [-0.05, 0) is 14.0 Å². The molecule has 9 nitrogen and oxygen atoms in total. The average Bonchev–Trinajstić information content (AvgIpc) is 2.83. The third kappa shape index (κ3) is 4.64. The van der Waals surface area contributed by atoms with E-state index in [0.717, 1.165) is 0 Å². The van der Waals surface area contributed by atoms with Gasteiger partial charge in [0.2, 0.25) is 11.8 Å². The Labute approximate surface area is 145 Å². The van der Waals surface area contributed by atoms with E-state index in [9.17, 15) is 19.5 Å². The van der Waals surface area contributed by atoms with Crippen molar-refractivity contribution in [1.82, 2.24) is 25.5 Å². The molecule has 0 radical (unpaired) electrons. The van der Waals surface area contributed by atoms with Crippen LogP contribution in [0.3, 0.4) is 0 Å². The predicted molar refractivity (Wildman–Crippen MR) is 90.5 cm³/mol. The fourth-order valence-electron chi connectivity index (χ4n) is 2.87. The Bertz CT molecular complexity index is 704. The summed E-state index contributed by atoms with van der Waals surface area (Å²) in [6.45, 7) is 4.16. The van der Waals surface area contributed by atoms with Crippen molar-refractivity contribution >= 4 is 11.8 Å². The van der Waals surface area contributed by atoms with Crippen molar-refractivity contribution in [3.8, 4) is 0 Å². The van der Waals surface area contributed by atoms with Crippen LogP contribution in [0.5, 0.6) is 0 Å². The molecule has 0 aromatic carbocycles. The third-order valence-electron chi connectivity index (χ3n) is 4.50. The van der Waals surface area contributed by atoms with Crippen LogP contribution in [-0.4, -0.2) is 57.0 Å². The Hall–Kier alpha value is -2.26. The molecule has 2 heterocycles. The molecule has 1 aliphatic rings. The second kappa shape index (κ2) is 7.75. The number of carbonyl (C=O) groups excluding carboxylic acids is 2. The molecule has 2 atom stereocenters. The maximum atomic E-state index is 12.5. The Morgan fingerprint density at radius 2 is 2.16 bits per heavy atom. The van der Waals surface area contributed by atoms with Crippen LogP contribution in [0.15, 0.2) is 10.9 Å². The number of rotatable bonds is 6. The summed E-state index contributed by atoms with van der Waals surface area (Å²) >= 11 is 0. The number of aromatic nitrogens is 2. The molecule has 1 saturated heterocycles. The lowest BCUT2D eigenvalue weighted by molar-refractivity contribution is -0.130. The van der Waals surface area contributed by atoms with Gasteiger partial charge in [0.1, 0.15) is 5.82 Å². The molecule has 1 fully saturated rings. The molecule has 138 valence electrons. The second-order valence-electron chi connectivity index (χ2n) is 6.51. The van der Waals surface area contributed by atoms with Gasteiger partial charge in [0.15, 0.2) is 0 Å². The highest BCUT2D eigenvalue weighted by atomic mass is 16.3. The molecule has 2 rings (SSSR count). The van der Waals surface area contributed by atoms with E-state index in [4.69, 9.17) is 0 Å². The van der Waals surface area contributed by atoms with E-state index in [1.807, 2.05) is 4.90 Å². The minimum absolute atomic E-state index is 0.0942. The maximum Gasteiger partial charge on any atom is 0.251 e. The van der Waals surface area contributed by atoms with Crippen molar-refractivity contribution in [2.75, 3.05) is 13.6 Å². The number of likely N-dealkylation sites (N-methyl/N-ethyl adjacent to an activating group) is 1. The molecule has 1 aromatic rings. The first-order chi connectivity index (χ1) is 11.7. The predicted octanol–water partition coefficient (Wildman–Crippen LogP) is -1.13. The summed E-state index contributed by atoms with van der Waals surface area (Å²) in [6, 6.07) is 1.31. The SMILES string of the molecule is CCC(=O)NCc1nc(CNC(=O)C2(C)CC(O)CN2C)cc(=O)[nH]1. The molecule has 0 aliphatic carbocycles. The van der Waals surface area contributed by atoms with Crippen LogP contribution in [0, 0.1) is 0 Å². The van der Waals surface area contributed by atoms with Gasteiger partial charge in [0, 0.05) is 25.5 Å². The second-order valence-corrected chi connectivity index (χ2v) is 6.51. The number of nitrogens with one attached hydrogen (secondary N) is 3. The highest BCUT2D eigenvalue weighted by molar-refractivity contribution is 5.86. The molecular formula is C16H25N5O4. The van der Waals surface area contributed by atoms with E-state index in [-0.39, 0.29) is 30.5 Å². The van der Waals surface area contributed by atoms with Crippen molar-refractivity contribution in [2.24, 2.45) is 0 Å². The zero-order valence-electron chi connectivity index (χ0n) is 14.8. The van der Waals surface area contributed by atoms with Gasteiger partial charge >= 0.3 is 0 Å². The molecule has 4 N–H and O–H groups in total. The Morgan fingerprint density at radius 1 is 1.44 bits per heavy atom. The van der Waals surface area contributed by atoms with Gasteiger partial charge in [-0.1, -0.05) is 6.92 Å². The number of carbonyl (C=O) groups is 2. The van der Waals surface area contributed by atoms with E-state index in [1.165, 1.54) is 6.07 Å². The van der Waals surface area contributed by atoms with Crippen molar-refractivity contribution < 1.29 is 14.7 Å². The molecule has 0 saturated carbocycles. The first kappa shape index (κ1) is 19.1. The smallest absolute Gasteiger partial charge is 0.251 e. The number of β-amino-alcohol motifs (C(OH)–C–C–N with tert-alkyl or cyclic N) is 1. The number of likely N-dealkylation sites (tertiary alicyclic amines) is 1. The molecule has 2 unspecified atom stereocenters. The molecule has 0 spiro atoms. The van der Waals surface area contributed by atoms with E-state index >= 15 is 0 Å². The summed E-state index contributed by atoms with van der Waals surface area (Å²) < 4.78 is 0. The third-order valence-corrected chi connectivity index (χ3v) is 4.50. The Balaban J connectivity index is 2.00. The fourth-order valence-corrected chi connectivity index (χ4v) is 2.87. The van der Waals surface area contributed by atoms with Crippen molar-refractivity contribution in [3.63, 3.8) is 0 Å². The zero-order chi connectivity index (χ0) is 18.6. The number of hydrogen-bond donors (Lipinski definition) is 4. The molecule has 25 heavy (non-hydrogen) atoms. The summed E-state index contributed by atoms with van der Waals surface area (Å²) in [7, 11) is 1.79. The van der Waals surface area contributed by atoms with Gasteiger partial charge < -0.3 is 20.7 Å². The van der Waals surface area contributed by atoms with Gasteiger partial charge in [-0.3, -0.25) is 19.3 Å². The van der Waals surface area contributed by atoms with Crippen molar-refractivity contribution in [2.45, 2.75) is 51.4 Å². The number of hydrogen-bond acceptors (Lipinski definition) is 6. The van der Waals surface area contributed by atoms with Crippen LogP contribution in [0.2, 0.25) is 0 Å². The lowest BCUT2D eigenvalue weighted by Crippen LogP contribution is -2.51. The maximum absolute atomic E-state index is 12.5. The Kier molecular flexibility index (Phi) is 5.91. The van der Waals surface area contributed by atoms with E-state index < -0.39 is 11.6 Å². The average molecular weight is 351 g/mol.